The highest BCUT2D eigenvalue weighted by molar-refractivity contribution is 5.75. The lowest BCUT2D eigenvalue weighted by molar-refractivity contribution is -0.143. The number of hydrogen-bond donors (Lipinski definition) is 1. The molecule has 1 aromatic carbocycles. The molecule has 6 aliphatic rings. The second kappa shape index (κ2) is 9.42. The van der Waals surface area contributed by atoms with E-state index in [0.717, 1.165) is 57.4 Å². The summed E-state index contributed by atoms with van der Waals surface area (Å²) in [4.78, 5) is 29.8. The number of likely N-dealkylation sites (tertiary alicyclic amines) is 1. The van der Waals surface area contributed by atoms with Gasteiger partial charge in [-0.25, -0.2) is 4.79 Å². The summed E-state index contributed by atoms with van der Waals surface area (Å²) < 4.78 is 5.16. The lowest BCUT2D eigenvalue weighted by Crippen LogP contribution is -2.60. The molecule has 2 aliphatic heterocycles. The van der Waals surface area contributed by atoms with Crippen molar-refractivity contribution in [2.24, 2.45) is 23.7 Å². The van der Waals surface area contributed by atoms with Gasteiger partial charge in [-0.15, -0.1) is 0 Å². The van der Waals surface area contributed by atoms with Gasteiger partial charge in [0.05, 0.1) is 13.0 Å². The second-order valence-corrected chi connectivity index (χ2v) is 12.1. The Labute approximate surface area is 209 Å². The predicted octanol–water partition coefficient (Wildman–Crippen LogP) is 4.32. The second-order valence-electron chi connectivity index (χ2n) is 12.1. The van der Waals surface area contributed by atoms with Gasteiger partial charge in [-0.05, 0) is 86.7 Å². The first-order valence-electron chi connectivity index (χ1n) is 14.0. The van der Waals surface area contributed by atoms with E-state index in [-0.39, 0.29) is 17.4 Å². The predicted molar refractivity (Wildman–Crippen MR) is 135 cm³/mol. The molecule has 4 bridgehead atoms. The molecule has 7 rings (SSSR count). The summed E-state index contributed by atoms with van der Waals surface area (Å²) in [6.07, 6.45) is 9.17. The average Bonchev–Trinajstić information content (AvgIpc) is 2.85. The third-order valence-corrected chi connectivity index (χ3v) is 9.97. The molecule has 4 aliphatic carbocycles. The van der Waals surface area contributed by atoms with Crippen LogP contribution in [0.2, 0.25) is 0 Å². The van der Waals surface area contributed by atoms with Crippen molar-refractivity contribution < 1.29 is 14.3 Å². The van der Waals surface area contributed by atoms with Crippen molar-refractivity contribution in [3.63, 3.8) is 0 Å². The summed E-state index contributed by atoms with van der Waals surface area (Å²) in [6, 6.07) is 9.37. The highest BCUT2D eigenvalue weighted by Crippen LogP contribution is 2.53. The number of fused-ring (bicyclic) bond motifs is 2. The van der Waals surface area contributed by atoms with Crippen LogP contribution in [0.5, 0.6) is 0 Å². The fourth-order valence-corrected chi connectivity index (χ4v) is 8.59. The van der Waals surface area contributed by atoms with Gasteiger partial charge in [0, 0.05) is 44.2 Å². The minimum atomic E-state index is -0.114. The molecule has 1 saturated heterocycles. The molecular weight excluding hydrogens is 438 g/mol. The summed E-state index contributed by atoms with van der Waals surface area (Å²) in [5.74, 6) is 3.17. The van der Waals surface area contributed by atoms with Gasteiger partial charge in [0.2, 0.25) is 0 Å². The minimum Gasteiger partial charge on any atom is -0.466 e. The molecule has 2 amide bonds. The van der Waals surface area contributed by atoms with Crippen molar-refractivity contribution >= 4 is 12.0 Å². The van der Waals surface area contributed by atoms with E-state index < -0.39 is 0 Å². The number of nitrogens with zero attached hydrogens (tertiary/aromatic N) is 2. The van der Waals surface area contributed by atoms with Crippen LogP contribution in [-0.2, 0) is 21.5 Å². The highest BCUT2D eigenvalue weighted by atomic mass is 16.5. The number of carbonyl (C=O) groups is 2. The van der Waals surface area contributed by atoms with Crippen LogP contribution in [0.4, 0.5) is 4.79 Å². The molecule has 0 atom stereocenters. The third kappa shape index (κ3) is 4.47. The van der Waals surface area contributed by atoms with Crippen molar-refractivity contribution in [1.29, 1.82) is 0 Å². The van der Waals surface area contributed by atoms with Crippen LogP contribution < -0.4 is 5.32 Å². The molecule has 0 unspecified atom stereocenters. The Morgan fingerprint density at radius 3 is 2.40 bits per heavy atom. The maximum Gasteiger partial charge on any atom is 0.317 e. The van der Waals surface area contributed by atoms with Gasteiger partial charge in [-0.1, -0.05) is 24.3 Å². The van der Waals surface area contributed by atoms with Gasteiger partial charge in [0.25, 0.3) is 0 Å². The summed E-state index contributed by atoms with van der Waals surface area (Å²) in [7, 11) is 0. The topological polar surface area (TPSA) is 61.9 Å². The van der Waals surface area contributed by atoms with E-state index in [2.05, 4.69) is 39.4 Å². The van der Waals surface area contributed by atoms with Crippen LogP contribution in [0.15, 0.2) is 24.3 Å². The van der Waals surface area contributed by atoms with Crippen LogP contribution in [0.25, 0.3) is 0 Å². The lowest BCUT2D eigenvalue weighted by atomic mass is 9.54. The first kappa shape index (κ1) is 23.3. The average molecular weight is 480 g/mol. The largest absolute Gasteiger partial charge is 0.466 e. The summed E-state index contributed by atoms with van der Waals surface area (Å²) in [5, 5.41) is 3.52. The molecule has 35 heavy (non-hydrogen) atoms. The van der Waals surface area contributed by atoms with E-state index >= 15 is 0 Å². The number of amides is 2. The lowest BCUT2D eigenvalue weighted by Gasteiger charge is -2.55. The minimum absolute atomic E-state index is 0.0584. The van der Waals surface area contributed by atoms with Gasteiger partial charge in [-0.3, -0.25) is 9.69 Å². The van der Waals surface area contributed by atoms with Crippen molar-refractivity contribution in [3.8, 4) is 0 Å². The Bertz CT molecular complexity index is 926. The van der Waals surface area contributed by atoms with E-state index in [1.807, 2.05) is 6.92 Å². The highest BCUT2D eigenvalue weighted by Gasteiger charge is 2.49. The Morgan fingerprint density at radius 2 is 1.71 bits per heavy atom. The van der Waals surface area contributed by atoms with Crippen LogP contribution in [0.3, 0.4) is 0 Å². The number of urea groups is 1. The van der Waals surface area contributed by atoms with Crippen molar-refractivity contribution in [2.75, 3.05) is 32.8 Å². The summed E-state index contributed by atoms with van der Waals surface area (Å²) >= 11 is 0. The molecular formula is C29H41N3O3. The van der Waals surface area contributed by atoms with E-state index in [4.69, 9.17) is 4.74 Å². The number of esters is 1. The molecule has 1 N–H and O–H groups in total. The number of ether oxygens (including phenoxy) is 1. The normalized spacial score (nSPS) is 32.9. The van der Waals surface area contributed by atoms with Crippen LogP contribution in [0.1, 0.15) is 69.4 Å². The summed E-state index contributed by atoms with van der Waals surface area (Å²) in [6.45, 7) is 6.47. The van der Waals surface area contributed by atoms with Crippen LogP contribution in [-0.4, -0.2) is 60.6 Å². The van der Waals surface area contributed by atoms with E-state index in [1.165, 1.54) is 43.2 Å². The number of benzene rings is 1. The fourth-order valence-electron chi connectivity index (χ4n) is 8.59. The van der Waals surface area contributed by atoms with Gasteiger partial charge in [0.15, 0.2) is 0 Å². The zero-order valence-corrected chi connectivity index (χ0v) is 21.2. The molecule has 190 valence electrons. The van der Waals surface area contributed by atoms with E-state index in [9.17, 15) is 9.59 Å². The Kier molecular flexibility index (Phi) is 6.28. The quantitative estimate of drug-likeness (QED) is 0.639. The molecule has 4 saturated carbocycles. The first-order chi connectivity index (χ1) is 17.0. The van der Waals surface area contributed by atoms with Crippen molar-refractivity contribution in [3.05, 3.63) is 35.4 Å². The number of hydrogen-bond acceptors (Lipinski definition) is 4. The smallest absolute Gasteiger partial charge is 0.317 e. The molecule has 0 aromatic heterocycles. The van der Waals surface area contributed by atoms with E-state index in [1.54, 1.807) is 0 Å². The van der Waals surface area contributed by atoms with Gasteiger partial charge >= 0.3 is 12.0 Å². The Morgan fingerprint density at radius 1 is 1.03 bits per heavy atom. The monoisotopic (exact) mass is 479 g/mol. The molecule has 6 heteroatoms. The first-order valence-corrected chi connectivity index (χ1v) is 14.0. The number of nitrogens with one attached hydrogen (secondary N) is 1. The molecule has 2 heterocycles. The molecule has 6 nitrogen and oxygen atoms in total. The van der Waals surface area contributed by atoms with Crippen LogP contribution in [0, 0.1) is 23.7 Å². The Balaban J connectivity index is 1.10. The maximum atomic E-state index is 13.4. The third-order valence-electron chi connectivity index (χ3n) is 9.97. The fraction of sp³-hybridized carbons (Fsp3) is 0.724. The molecule has 1 spiro atoms. The van der Waals surface area contributed by atoms with E-state index in [0.29, 0.717) is 30.9 Å². The molecule has 5 fully saturated rings. The van der Waals surface area contributed by atoms with Crippen molar-refractivity contribution in [2.45, 2.75) is 76.3 Å². The molecule has 0 radical (unpaired) electrons. The molecule has 1 aromatic rings. The van der Waals surface area contributed by atoms with Crippen molar-refractivity contribution in [1.82, 2.24) is 15.1 Å². The zero-order valence-electron chi connectivity index (χ0n) is 21.2. The maximum absolute atomic E-state index is 13.4. The van der Waals surface area contributed by atoms with Gasteiger partial charge in [-0.2, -0.15) is 0 Å². The summed E-state index contributed by atoms with van der Waals surface area (Å²) in [5.41, 5.74) is 2.88. The standard InChI is InChI=1S/C29H41N3O3/c1-2-35-26(33)7-10-31-18-22-5-3-4-6-25(22)29(19-31)8-11-32(12-9-29)28(34)30-27-23-14-20-13-21(16-23)17-24(27)15-20/h3-6,20-21,23-24,27H,2,7-19H2,1H3,(H,30,34). The van der Waals surface area contributed by atoms with Crippen LogP contribution >= 0.6 is 0 Å². The van der Waals surface area contributed by atoms with Gasteiger partial charge < -0.3 is 15.0 Å². The number of rotatable bonds is 5. The number of piperidine rings is 1. The zero-order chi connectivity index (χ0) is 24.0. The SMILES string of the molecule is CCOC(=O)CCN1Cc2ccccc2C2(CCN(C(=O)NC3C4CC5CC(C4)CC3C5)CC2)C1. The number of carbonyl (C=O) groups excluding carboxylic acids is 2. The van der Waals surface area contributed by atoms with Gasteiger partial charge in [0.1, 0.15) is 0 Å². The Hall–Kier alpha value is -2.08.